The Kier molecular flexibility index (Phi) is 4.43. The summed E-state index contributed by atoms with van der Waals surface area (Å²) >= 11 is 0. The molecule has 0 spiro atoms. The number of carbonyl (C=O) groups excluding carboxylic acids is 1. The fourth-order valence-electron chi connectivity index (χ4n) is 3.38. The highest BCUT2D eigenvalue weighted by Gasteiger charge is 2.26. The van der Waals surface area contributed by atoms with E-state index in [1.165, 1.54) is 0 Å². The largest absolute Gasteiger partial charge is 0.496 e. The molecule has 1 aromatic carbocycles. The second kappa shape index (κ2) is 6.90. The van der Waals surface area contributed by atoms with E-state index in [1.54, 1.807) is 7.11 Å². The smallest absolute Gasteiger partial charge is 0.300 e. The summed E-state index contributed by atoms with van der Waals surface area (Å²) in [6, 6.07) is 9.92. The van der Waals surface area contributed by atoms with E-state index >= 15 is 0 Å². The van der Waals surface area contributed by atoms with Crippen molar-refractivity contribution in [1.29, 1.82) is 0 Å². The van der Waals surface area contributed by atoms with Crippen LogP contribution in [0.25, 0.3) is 11.2 Å². The van der Waals surface area contributed by atoms with Crippen LogP contribution in [0.5, 0.6) is 5.75 Å². The fraction of sp³-hybridized carbons (Fsp3) is 0.350. The first-order valence-electron chi connectivity index (χ1n) is 8.99. The maximum Gasteiger partial charge on any atom is 0.300 e. The number of ether oxygens (including phenoxy) is 1. The first-order valence-corrected chi connectivity index (χ1v) is 8.99. The van der Waals surface area contributed by atoms with Gasteiger partial charge in [-0.05, 0) is 38.1 Å². The minimum atomic E-state index is 0.0286. The highest BCUT2D eigenvalue weighted by Crippen LogP contribution is 2.24. The summed E-state index contributed by atoms with van der Waals surface area (Å²) < 4.78 is 11.2. The number of nitrogens with zero attached hydrogens (tertiary/aromatic N) is 4. The van der Waals surface area contributed by atoms with E-state index in [4.69, 9.17) is 9.15 Å². The number of methoxy groups -OCH3 is 1. The lowest BCUT2D eigenvalue weighted by atomic mass is 10.1. The molecule has 1 amide bonds. The molecule has 1 aliphatic rings. The van der Waals surface area contributed by atoms with E-state index in [1.807, 2.05) is 49.1 Å². The van der Waals surface area contributed by atoms with Gasteiger partial charge < -0.3 is 19.0 Å². The summed E-state index contributed by atoms with van der Waals surface area (Å²) in [5.74, 6) is 0.759. The third kappa shape index (κ3) is 3.20. The minimum Gasteiger partial charge on any atom is -0.496 e. The second-order valence-corrected chi connectivity index (χ2v) is 6.68. The van der Waals surface area contributed by atoms with Crippen LogP contribution in [-0.2, 0) is 0 Å². The van der Waals surface area contributed by atoms with Gasteiger partial charge in [0, 0.05) is 43.0 Å². The number of pyridine rings is 1. The maximum atomic E-state index is 12.9. The lowest BCUT2D eigenvalue weighted by molar-refractivity contribution is 0.0744. The molecule has 0 radical (unpaired) electrons. The first-order chi connectivity index (χ1) is 13.1. The van der Waals surface area contributed by atoms with Crippen molar-refractivity contribution >= 4 is 23.2 Å². The number of amides is 1. The number of piperazine rings is 1. The van der Waals surface area contributed by atoms with Gasteiger partial charge in [-0.25, -0.2) is 4.98 Å². The van der Waals surface area contributed by atoms with Crippen molar-refractivity contribution in [1.82, 2.24) is 14.9 Å². The van der Waals surface area contributed by atoms with Gasteiger partial charge in [-0.2, -0.15) is 4.98 Å². The van der Waals surface area contributed by atoms with Gasteiger partial charge in [0.15, 0.2) is 5.58 Å². The molecule has 1 fully saturated rings. The van der Waals surface area contributed by atoms with Crippen LogP contribution in [0, 0.1) is 13.8 Å². The topological polar surface area (TPSA) is 71.7 Å². The Hall–Kier alpha value is -3.09. The lowest BCUT2D eigenvalue weighted by Gasteiger charge is -2.34. The summed E-state index contributed by atoms with van der Waals surface area (Å²) in [4.78, 5) is 25.7. The Morgan fingerprint density at radius 1 is 1.07 bits per heavy atom. The van der Waals surface area contributed by atoms with Crippen molar-refractivity contribution in [3.8, 4) is 5.75 Å². The highest BCUT2D eigenvalue weighted by molar-refractivity contribution is 5.96. The normalized spacial score (nSPS) is 14.6. The molecule has 3 heterocycles. The van der Waals surface area contributed by atoms with E-state index < -0.39 is 0 Å². The van der Waals surface area contributed by atoms with Crippen molar-refractivity contribution in [3.63, 3.8) is 0 Å². The zero-order valence-electron chi connectivity index (χ0n) is 15.7. The molecule has 1 saturated heterocycles. The summed E-state index contributed by atoms with van der Waals surface area (Å²) in [5.41, 5.74) is 3.76. The Labute approximate surface area is 157 Å². The van der Waals surface area contributed by atoms with Gasteiger partial charge in [0.1, 0.15) is 5.75 Å². The average molecular weight is 366 g/mol. The van der Waals surface area contributed by atoms with Crippen LogP contribution in [0.2, 0.25) is 0 Å². The van der Waals surface area contributed by atoms with Crippen LogP contribution < -0.4 is 9.64 Å². The van der Waals surface area contributed by atoms with Gasteiger partial charge in [0.25, 0.3) is 11.9 Å². The number of rotatable bonds is 3. The molecule has 3 aromatic rings. The van der Waals surface area contributed by atoms with Gasteiger partial charge in [0.2, 0.25) is 5.65 Å². The molecule has 0 atom stereocenters. The van der Waals surface area contributed by atoms with Crippen molar-refractivity contribution in [2.45, 2.75) is 13.8 Å². The standard InChI is InChI=1S/C20H22N4O3/c1-13-7-8-17-18(21-13)22-20(27-17)24-11-9-23(10-12-24)19(25)15-5-4-6-16(26-3)14(15)2/h4-8H,9-12H2,1-3H3. The number of oxazole rings is 1. The Balaban J connectivity index is 1.47. The van der Waals surface area contributed by atoms with E-state index in [-0.39, 0.29) is 5.91 Å². The molecule has 7 heteroatoms. The van der Waals surface area contributed by atoms with Gasteiger partial charge in [-0.1, -0.05) is 6.07 Å². The van der Waals surface area contributed by atoms with E-state index in [0.717, 1.165) is 17.0 Å². The number of hydrogen-bond donors (Lipinski definition) is 0. The third-order valence-corrected chi connectivity index (χ3v) is 4.95. The van der Waals surface area contributed by atoms with Crippen LogP contribution >= 0.6 is 0 Å². The number of fused-ring (bicyclic) bond motifs is 1. The zero-order valence-corrected chi connectivity index (χ0v) is 15.7. The lowest BCUT2D eigenvalue weighted by Crippen LogP contribution is -2.49. The quantitative estimate of drug-likeness (QED) is 0.710. The molecule has 27 heavy (non-hydrogen) atoms. The number of benzene rings is 1. The van der Waals surface area contributed by atoms with E-state index in [0.29, 0.717) is 49.0 Å². The predicted octanol–water partition coefficient (Wildman–Crippen LogP) is 2.81. The van der Waals surface area contributed by atoms with Crippen molar-refractivity contribution in [3.05, 3.63) is 47.2 Å². The average Bonchev–Trinajstić information content (AvgIpc) is 3.11. The molecule has 0 bridgehead atoms. The monoisotopic (exact) mass is 366 g/mol. The summed E-state index contributed by atoms with van der Waals surface area (Å²) in [6.45, 7) is 6.40. The first kappa shape index (κ1) is 17.3. The van der Waals surface area contributed by atoms with Gasteiger partial charge >= 0.3 is 0 Å². The van der Waals surface area contributed by atoms with Crippen LogP contribution in [0.3, 0.4) is 0 Å². The van der Waals surface area contributed by atoms with Crippen molar-refractivity contribution in [2.24, 2.45) is 0 Å². The molecule has 0 saturated carbocycles. The second-order valence-electron chi connectivity index (χ2n) is 6.68. The molecule has 4 rings (SSSR count). The van der Waals surface area contributed by atoms with Crippen molar-refractivity contribution in [2.75, 3.05) is 38.2 Å². The van der Waals surface area contributed by atoms with Gasteiger partial charge in [-0.15, -0.1) is 0 Å². The number of anilines is 1. The molecule has 140 valence electrons. The van der Waals surface area contributed by atoms with Crippen LogP contribution in [0.4, 0.5) is 6.01 Å². The number of carbonyl (C=O) groups is 1. The zero-order chi connectivity index (χ0) is 19.0. The SMILES string of the molecule is COc1cccc(C(=O)N2CCN(c3nc4nc(C)ccc4o3)CC2)c1C. The molecular formula is C20H22N4O3. The molecule has 2 aromatic heterocycles. The molecular weight excluding hydrogens is 344 g/mol. The van der Waals surface area contributed by atoms with Crippen LogP contribution in [-0.4, -0.2) is 54.1 Å². The van der Waals surface area contributed by atoms with Gasteiger partial charge in [0.05, 0.1) is 7.11 Å². The van der Waals surface area contributed by atoms with Gasteiger partial charge in [-0.3, -0.25) is 4.79 Å². The predicted molar refractivity (Wildman–Crippen MR) is 102 cm³/mol. The molecule has 0 N–H and O–H groups in total. The number of hydrogen-bond acceptors (Lipinski definition) is 6. The molecule has 0 unspecified atom stereocenters. The molecule has 0 aliphatic carbocycles. The van der Waals surface area contributed by atoms with E-state index in [2.05, 4.69) is 14.9 Å². The number of aromatic nitrogens is 2. The molecule has 1 aliphatic heterocycles. The fourth-order valence-corrected chi connectivity index (χ4v) is 3.38. The Morgan fingerprint density at radius 2 is 1.85 bits per heavy atom. The summed E-state index contributed by atoms with van der Waals surface area (Å²) in [6.07, 6.45) is 0. The van der Waals surface area contributed by atoms with Crippen LogP contribution in [0.1, 0.15) is 21.6 Å². The molecule has 7 nitrogen and oxygen atoms in total. The summed E-state index contributed by atoms with van der Waals surface area (Å²) in [7, 11) is 1.62. The van der Waals surface area contributed by atoms with Crippen molar-refractivity contribution < 1.29 is 13.9 Å². The third-order valence-electron chi connectivity index (χ3n) is 4.95. The Morgan fingerprint density at radius 3 is 2.59 bits per heavy atom. The number of aryl methyl sites for hydroxylation is 1. The summed E-state index contributed by atoms with van der Waals surface area (Å²) in [5, 5.41) is 0. The Bertz CT molecular complexity index is 990. The minimum absolute atomic E-state index is 0.0286. The van der Waals surface area contributed by atoms with Crippen LogP contribution in [0.15, 0.2) is 34.7 Å². The van der Waals surface area contributed by atoms with E-state index in [9.17, 15) is 4.79 Å². The maximum absolute atomic E-state index is 12.9. The highest BCUT2D eigenvalue weighted by atomic mass is 16.5.